The fraction of sp³-hybridized carbons (Fsp3) is 0.500. The van der Waals surface area contributed by atoms with Crippen molar-refractivity contribution in [1.29, 1.82) is 0 Å². The van der Waals surface area contributed by atoms with Gasteiger partial charge in [0.2, 0.25) is 0 Å². The molecule has 4 N–H and O–H groups in total. The van der Waals surface area contributed by atoms with Crippen molar-refractivity contribution in [2.45, 2.75) is 0 Å². The highest BCUT2D eigenvalue weighted by molar-refractivity contribution is 5.44. The second kappa shape index (κ2) is 4.81. The minimum atomic E-state index is 0.551. The molecule has 0 aliphatic heterocycles. The lowest BCUT2D eigenvalue weighted by Crippen LogP contribution is -2.34. The highest BCUT2D eigenvalue weighted by Crippen LogP contribution is 2.09. The van der Waals surface area contributed by atoms with Gasteiger partial charge in [-0.05, 0) is 22.6 Å². The predicted molar refractivity (Wildman–Crippen MR) is 58.9 cm³/mol. The Kier molecular flexibility index (Phi) is 3.22. The molecule has 16 heavy (non-hydrogen) atoms. The molecule has 0 saturated carbocycles. The van der Waals surface area contributed by atoms with Crippen LogP contribution in [0.5, 0.6) is 0 Å². The summed E-state index contributed by atoms with van der Waals surface area (Å²) in [4.78, 5) is 2.00. The van der Waals surface area contributed by atoms with Gasteiger partial charge in [0.05, 0.1) is 0 Å². The van der Waals surface area contributed by atoms with Gasteiger partial charge in [-0.25, -0.2) is 0 Å². The van der Waals surface area contributed by atoms with Crippen LogP contribution in [0.1, 0.15) is 0 Å². The maximum atomic E-state index is 5.53. The number of nitrogens with two attached hydrogens (primary N) is 2. The van der Waals surface area contributed by atoms with Crippen molar-refractivity contribution in [1.82, 2.24) is 25.3 Å². The van der Waals surface area contributed by atoms with Gasteiger partial charge in [0.15, 0.2) is 11.5 Å². The number of aromatic nitrogens is 5. The quantitative estimate of drug-likeness (QED) is 0.616. The van der Waals surface area contributed by atoms with Crippen molar-refractivity contribution in [3.05, 3.63) is 12.1 Å². The van der Waals surface area contributed by atoms with E-state index in [1.54, 1.807) is 0 Å². The molecule has 0 aliphatic rings. The Hall–Kier alpha value is -1.80. The fourth-order valence-electron chi connectivity index (χ4n) is 1.46. The Balaban J connectivity index is 2.28. The van der Waals surface area contributed by atoms with Crippen molar-refractivity contribution >= 4 is 11.5 Å². The molecule has 0 bridgehead atoms. The Morgan fingerprint density at radius 2 is 1.94 bits per heavy atom. The number of fused-ring (bicyclic) bond motifs is 1. The molecule has 0 aromatic carbocycles. The average Bonchev–Trinajstić information content (AvgIpc) is 2.75. The van der Waals surface area contributed by atoms with Crippen LogP contribution in [-0.2, 0) is 0 Å². The van der Waals surface area contributed by atoms with Crippen LogP contribution in [0.2, 0.25) is 0 Å². The molecular formula is C8H14N8. The largest absolute Gasteiger partial charge is 0.353 e. The lowest BCUT2D eigenvalue weighted by atomic mass is 10.4. The van der Waals surface area contributed by atoms with Crippen molar-refractivity contribution in [2.75, 3.05) is 31.1 Å². The number of hydrogen-bond acceptors (Lipinski definition) is 7. The summed E-state index contributed by atoms with van der Waals surface area (Å²) in [5, 5.41) is 15.3. The lowest BCUT2D eigenvalue weighted by Gasteiger charge is -2.21. The van der Waals surface area contributed by atoms with E-state index in [9.17, 15) is 0 Å². The molecule has 2 aromatic heterocycles. The first-order chi connectivity index (χ1) is 7.85. The SMILES string of the molecule is NCCN(CCN)c1ccc2nnnn2n1. The third-order valence-corrected chi connectivity index (χ3v) is 2.18. The van der Waals surface area contributed by atoms with E-state index in [0.717, 1.165) is 5.82 Å². The number of tetrazole rings is 1. The number of rotatable bonds is 5. The van der Waals surface area contributed by atoms with Crippen LogP contribution < -0.4 is 16.4 Å². The summed E-state index contributed by atoms with van der Waals surface area (Å²) in [7, 11) is 0. The van der Waals surface area contributed by atoms with E-state index >= 15 is 0 Å². The number of hydrogen-bond donors (Lipinski definition) is 2. The predicted octanol–water partition coefficient (Wildman–Crippen LogP) is -1.76. The molecule has 0 unspecified atom stereocenters. The maximum Gasteiger partial charge on any atom is 0.200 e. The van der Waals surface area contributed by atoms with Crippen LogP contribution in [0.3, 0.4) is 0 Å². The minimum absolute atomic E-state index is 0.551. The van der Waals surface area contributed by atoms with E-state index < -0.39 is 0 Å². The second-order valence-corrected chi connectivity index (χ2v) is 3.28. The van der Waals surface area contributed by atoms with Crippen molar-refractivity contribution in [3.63, 3.8) is 0 Å². The molecule has 8 nitrogen and oxygen atoms in total. The lowest BCUT2D eigenvalue weighted by molar-refractivity contribution is 0.701. The Morgan fingerprint density at radius 1 is 1.19 bits per heavy atom. The van der Waals surface area contributed by atoms with Gasteiger partial charge in [0.1, 0.15) is 0 Å². The summed E-state index contributed by atoms with van der Waals surface area (Å²) < 4.78 is 1.38. The van der Waals surface area contributed by atoms with E-state index in [2.05, 4.69) is 20.6 Å². The zero-order valence-corrected chi connectivity index (χ0v) is 8.82. The van der Waals surface area contributed by atoms with Crippen LogP contribution >= 0.6 is 0 Å². The van der Waals surface area contributed by atoms with Gasteiger partial charge in [0.25, 0.3) is 0 Å². The third-order valence-electron chi connectivity index (χ3n) is 2.18. The molecule has 8 heteroatoms. The number of anilines is 1. The second-order valence-electron chi connectivity index (χ2n) is 3.28. The Bertz CT molecular complexity index is 446. The molecule has 2 heterocycles. The van der Waals surface area contributed by atoms with E-state index in [1.165, 1.54) is 4.63 Å². The van der Waals surface area contributed by atoms with E-state index in [0.29, 0.717) is 31.8 Å². The molecule has 86 valence electrons. The molecular weight excluding hydrogens is 208 g/mol. The number of nitrogens with zero attached hydrogens (tertiary/aromatic N) is 6. The fourth-order valence-corrected chi connectivity index (χ4v) is 1.46. The van der Waals surface area contributed by atoms with E-state index in [-0.39, 0.29) is 0 Å². The van der Waals surface area contributed by atoms with Crippen molar-refractivity contribution in [2.24, 2.45) is 11.5 Å². The van der Waals surface area contributed by atoms with Crippen LogP contribution in [-0.4, -0.2) is 51.4 Å². The third kappa shape index (κ3) is 2.07. The van der Waals surface area contributed by atoms with Crippen LogP contribution in [0.4, 0.5) is 5.82 Å². The summed E-state index contributed by atoms with van der Waals surface area (Å²) in [5.74, 6) is 0.774. The highest BCUT2D eigenvalue weighted by atomic mass is 15.6. The normalized spacial score (nSPS) is 10.9. The maximum absolute atomic E-state index is 5.53. The summed E-state index contributed by atoms with van der Waals surface area (Å²) in [6, 6.07) is 3.67. The van der Waals surface area contributed by atoms with Gasteiger partial charge in [0, 0.05) is 26.2 Å². The highest BCUT2D eigenvalue weighted by Gasteiger charge is 2.08. The summed E-state index contributed by atoms with van der Waals surface area (Å²) in [5.41, 5.74) is 11.7. The van der Waals surface area contributed by atoms with Crippen LogP contribution in [0.25, 0.3) is 5.65 Å². The van der Waals surface area contributed by atoms with Crippen LogP contribution in [0.15, 0.2) is 12.1 Å². The van der Waals surface area contributed by atoms with Crippen LogP contribution in [0, 0.1) is 0 Å². The summed E-state index contributed by atoms with van der Waals surface area (Å²) >= 11 is 0. The van der Waals surface area contributed by atoms with Gasteiger partial charge in [-0.3, -0.25) is 0 Å². The minimum Gasteiger partial charge on any atom is -0.353 e. The van der Waals surface area contributed by atoms with E-state index in [4.69, 9.17) is 11.5 Å². The Labute approximate surface area is 92.2 Å². The van der Waals surface area contributed by atoms with Gasteiger partial charge in [-0.2, -0.15) is 0 Å². The van der Waals surface area contributed by atoms with Gasteiger partial charge < -0.3 is 16.4 Å². The van der Waals surface area contributed by atoms with Crippen molar-refractivity contribution < 1.29 is 0 Å². The standard InChI is InChI=1S/C8H14N8/c9-3-5-15(6-4-10)8-2-1-7-11-13-14-16(7)12-8/h1-2H,3-6,9-10H2. The molecule has 0 spiro atoms. The molecule has 0 aliphatic carbocycles. The zero-order chi connectivity index (χ0) is 11.4. The average molecular weight is 222 g/mol. The molecule has 2 rings (SSSR count). The van der Waals surface area contributed by atoms with Crippen molar-refractivity contribution in [3.8, 4) is 0 Å². The topological polar surface area (TPSA) is 111 Å². The zero-order valence-electron chi connectivity index (χ0n) is 8.82. The first-order valence-electron chi connectivity index (χ1n) is 5.05. The first kappa shape index (κ1) is 10.7. The first-order valence-corrected chi connectivity index (χ1v) is 5.05. The van der Waals surface area contributed by atoms with Gasteiger partial charge in [-0.15, -0.1) is 14.8 Å². The molecule has 2 aromatic rings. The molecule has 0 radical (unpaired) electrons. The monoisotopic (exact) mass is 222 g/mol. The van der Waals surface area contributed by atoms with Gasteiger partial charge >= 0.3 is 0 Å². The summed E-state index contributed by atoms with van der Waals surface area (Å²) in [6.07, 6.45) is 0. The van der Waals surface area contributed by atoms with E-state index in [1.807, 2.05) is 17.0 Å². The molecule has 0 amide bonds. The molecule has 0 fully saturated rings. The molecule has 0 saturated heterocycles. The molecule has 0 atom stereocenters. The Morgan fingerprint density at radius 3 is 2.62 bits per heavy atom. The van der Waals surface area contributed by atoms with Gasteiger partial charge in [-0.1, -0.05) is 0 Å². The summed E-state index contributed by atoms with van der Waals surface area (Å²) in [6.45, 7) is 2.51. The smallest absolute Gasteiger partial charge is 0.200 e.